The smallest absolute Gasteiger partial charge is 0.352 e. The van der Waals surface area contributed by atoms with E-state index in [0.717, 1.165) is 0 Å². The number of nitrogens with one attached hydrogen (secondary N) is 1. The molecule has 0 saturated carbocycles. The summed E-state index contributed by atoms with van der Waals surface area (Å²) in [5.41, 5.74) is 1.02. The van der Waals surface area contributed by atoms with E-state index in [1.54, 1.807) is 18.2 Å². The van der Waals surface area contributed by atoms with Crippen LogP contribution in [0.2, 0.25) is 10.0 Å². The van der Waals surface area contributed by atoms with Gasteiger partial charge < -0.3 is 19.9 Å². The van der Waals surface area contributed by atoms with E-state index >= 15 is 0 Å². The first-order valence-corrected chi connectivity index (χ1v) is 10.3. The van der Waals surface area contributed by atoms with Crippen molar-refractivity contribution in [3.8, 4) is 0 Å². The Morgan fingerprint density at radius 2 is 1.55 bits per heavy atom. The average Bonchev–Trinajstić information content (AvgIpc) is 3.01. The van der Waals surface area contributed by atoms with Crippen LogP contribution in [0.25, 0.3) is 0 Å². The van der Waals surface area contributed by atoms with Crippen LogP contribution in [0.5, 0.6) is 0 Å². The Bertz CT molecular complexity index is 953. The molecular weight excluding hydrogens is 447 g/mol. The summed E-state index contributed by atoms with van der Waals surface area (Å²) in [5, 5.41) is 32.1. The minimum absolute atomic E-state index is 0.0350. The summed E-state index contributed by atoms with van der Waals surface area (Å²) in [6, 6.07) is 5.45. The van der Waals surface area contributed by atoms with Gasteiger partial charge in [0.2, 0.25) is 0 Å². The first-order valence-electron chi connectivity index (χ1n) is 9.56. The van der Waals surface area contributed by atoms with Crippen molar-refractivity contribution in [2.24, 2.45) is 5.92 Å². The summed E-state index contributed by atoms with van der Waals surface area (Å²) in [5.74, 6) is -3.51. The average molecular weight is 471 g/mol. The number of aromatic nitrogens is 1. The molecule has 0 amide bonds. The third kappa shape index (κ3) is 6.99. The summed E-state index contributed by atoms with van der Waals surface area (Å²) >= 11 is 12.1. The van der Waals surface area contributed by atoms with Crippen LogP contribution in [-0.2, 0) is 22.6 Å². The van der Waals surface area contributed by atoms with Crippen LogP contribution in [0.4, 0.5) is 0 Å². The lowest BCUT2D eigenvalue weighted by Gasteiger charge is -2.22. The highest BCUT2D eigenvalue weighted by Gasteiger charge is 2.28. The van der Waals surface area contributed by atoms with Crippen LogP contribution < -0.4 is 5.32 Å². The van der Waals surface area contributed by atoms with Gasteiger partial charge in [-0.2, -0.15) is 0 Å². The molecule has 168 valence electrons. The molecule has 0 fully saturated rings. The van der Waals surface area contributed by atoms with Gasteiger partial charge >= 0.3 is 17.9 Å². The predicted octanol–water partition coefficient (Wildman–Crippen LogP) is 3.63. The van der Waals surface area contributed by atoms with Crippen molar-refractivity contribution in [3.63, 3.8) is 0 Å². The second-order valence-electron chi connectivity index (χ2n) is 7.66. The minimum Gasteiger partial charge on any atom is -0.480 e. The fraction of sp³-hybridized carbons (Fsp3) is 0.381. The maximum absolute atomic E-state index is 11.8. The topological polar surface area (TPSA) is 129 Å². The van der Waals surface area contributed by atoms with Gasteiger partial charge in [-0.15, -0.1) is 0 Å². The molecule has 0 bridgehead atoms. The summed E-state index contributed by atoms with van der Waals surface area (Å²) in [6.07, 6.45) is 0.139. The zero-order valence-corrected chi connectivity index (χ0v) is 18.5. The molecular formula is C21H24Cl2N2O6. The zero-order chi connectivity index (χ0) is 23.3. The number of aromatic carboxylic acids is 1. The molecule has 1 aromatic carbocycles. The first-order chi connectivity index (χ1) is 14.5. The van der Waals surface area contributed by atoms with Gasteiger partial charge in [0.05, 0.1) is 0 Å². The van der Waals surface area contributed by atoms with Crippen molar-refractivity contribution in [3.05, 3.63) is 57.3 Å². The molecule has 0 saturated heterocycles. The molecule has 0 aliphatic carbocycles. The Hall–Kier alpha value is -2.55. The number of nitrogens with zero attached hydrogens (tertiary/aromatic N) is 1. The van der Waals surface area contributed by atoms with E-state index in [0.29, 0.717) is 21.3 Å². The Balaban J connectivity index is 2.36. The molecule has 31 heavy (non-hydrogen) atoms. The predicted molar refractivity (Wildman–Crippen MR) is 116 cm³/mol. The van der Waals surface area contributed by atoms with E-state index in [9.17, 15) is 29.7 Å². The number of carbonyl (C=O) groups is 3. The van der Waals surface area contributed by atoms with Crippen LogP contribution in [0.15, 0.2) is 30.3 Å². The highest BCUT2D eigenvalue weighted by molar-refractivity contribution is 6.34. The monoisotopic (exact) mass is 470 g/mol. The number of aliphatic carboxylic acids is 2. The fourth-order valence-electron chi connectivity index (χ4n) is 3.33. The number of carboxylic acid groups (broad SMARTS) is 3. The SMILES string of the molecule is CC(C)CC(NC(Cc1ccc(C(=O)O)n1Cc1cc(Cl)cc(Cl)c1)C(=O)O)C(=O)O. The molecule has 2 atom stereocenters. The maximum atomic E-state index is 11.8. The van der Waals surface area contributed by atoms with Crippen LogP contribution in [0.3, 0.4) is 0 Å². The zero-order valence-electron chi connectivity index (χ0n) is 17.0. The molecule has 10 heteroatoms. The van der Waals surface area contributed by atoms with Crippen molar-refractivity contribution >= 4 is 41.1 Å². The van der Waals surface area contributed by atoms with E-state index in [4.69, 9.17) is 23.2 Å². The second-order valence-corrected chi connectivity index (χ2v) is 8.53. The second kappa shape index (κ2) is 10.7. The molecule has 0 aliphatic rings. The maximum Gasteiger partial charge on any atom is 0.352 e. The fourth-order valence-corrected chi connectivity index (χ4v) is 3.90. The quantitative estimate of drug-likeness (QED) is 0.394. The van der Waals surface area contributed by atoms with Crippen molar-refractivity contribution in [2.75, 3.05) is 0 Å². The standard InChI is InChI=1S/C21H24Cl2N2O6/c1-11(2)5-16(19(26)27)24-17(20(28)29)9-15-3-4-18(21(30)31)25(15)10-12-6-13(22)8-14(23)7-12/h3-4,6-8,11,16-17,24H,5,9-10H2,1-2H3,(H,26,27)(H,28,29)(H,30,31). The Kier molecular flexibility index (Phi) is 8.50. The van der Waals surface area contributed by atoms with Gasteiger partial charge in [0.15, 0.2) is 0 Å². The summed E-state index contributed by atoms with van der Waals surface area (Å²) in [6.45, 7) is 3.78. The molecule has 0 radical (unpaired) electrons. The Labute approximate surface area is 189 Å². The van der Waals surface area contributed by atoms with Crippen molar-refractivity contribution in [1.29, 1.82) is 0 Å². The third-order valence-corrected chi connectivity index (χ3v) is 5.11. The largest absolute Gasteiger partial charge is 0.480 e. The first kappa shape index (κ1) is 24.7. The van der Waals surface area contributed by atoms with Gasteiger partial charge in [-0.05, 0) is 48.2 Å². The molecule has 2 rings (SSSR count). The van der Waals surface area contributed by atoms with Crippen LogP contribution in [0.1, 0.15) is 42.0 Å². The highest BCUT2D eigenvalue weighted by atomic mass is 35.5. The molecule has 1 heterocycles. The lowest BCUT2D eigenvalue weighted by molar-refractivity contribution is -0.142. The molecule has 0 spiro atoms. The van der Waals surface area contributed by atoms with Gasteiger partial charge in [-0.25, -0.2) is 4.79 Å². The molecule has 2 unspecified atom stereocenters. The Morgan fingerprint density at radius 3 is 2.03 bits per heavy atom. The van der Waals surface area contributed by atoms with Crippen molar-refractivity contribution < 1.29 is 29.7 Å². The number of hydrogen-bond acceptors (Lipinski definition) is 4. The van der Waals surface area contributed by atoms with Crippen LogP contribution >= 0.6 is 23.2 Å². The lowest BCUT2D eigenvalue weighted by Crippen LogP contribution is -2.49. The molecule has 8 nitrogen and oxygen atoms in total. The molecule has 2 aromatic rings. The molecule has 4 N–H and O–H groups in total. The minimum atomic E-state index is -1.23. The van der Waals surface area contributed by atoms with Gasteiger partial charge in [0.1, 0.15) is 17.8 Å². The van der Waals surface area contributed by atoms with E-state index in [2.05, 4.69) is 5.32 Å². The summed E-state index contributed by atoms with van der Waals surface area (Å²) in [7, 11) is 0. The number of rotatable bonds is 11. The summed E-state index contributed by atoms with van der Waals surface area (Å²) in [4.78, 5) is 35.1. The van der Waals surface area contributed by atoms with Crippen LogP contribution in [-0.4, -0.2) is 49.9 Å². The molecule has 1 aromatic heterocycles. The van der Waals surface area contributed by atoms with E-state index in [1.165, 1.54) is 16.7 Å². The number of hydrogen-bond donors (Lipinski definition) is 4. The van der Waals surface area contributed by atoms with Gasteiger partial charge in [0, 0.05) is 28.7 Å². The van der Waals surface area contributed by atoms with E-state index < -0.39 is 30.0 Å². The Morgan fingerprint density at radius 1 is 0.968 bits per heavy atom. The molecule has 0 aliphatic heterocycles. The van der Waals surface area contributed by atoms with Gasteiger partial charge in [-0.3, -0.25) is 14.9 Å². The number of halogens is 2. The third-order valence-electron chi connectivity index (χ3n) is 4.67. The van der Waals surface area contributed by atoms with Crippen molar-refractivity contribution in [2.45, 2.75) is 45.3 Å². The van der Waals surface area contributed by atoms with E-state index in [-0.39, 0.29) is 31.0 Å². The van der Waals surface area contributed by atoms with Crippen LogP contribution in [0, 0.1) is 5.92 Å². The van der Waals surface area contributed by atoms with Gasteiger partial charge in [0.25, 0.3) is 0 Å². The van der Waals surface area contributed by atoms with E-state index in [1.807, 2.05) is 13.8 Å². The normalized spacial score (nSPS) is 13.2. The highest BCUT2D eigenvalue weighted by Crippen LogP contribution is 2.22. The summed E-state index contributed by atoms with van der Waals surface area (Å²) < 4.78 is 1.46. The number of carboxylic acids is 3. The van der Waals surface area contributed by atoms with Crippen molar-refractivity contribution in [1.82, 2.24) is 9.88 Å². The van der Waals surface area contributed by atoms with Gasteiger partial charge in [-0.1, -0.05) is 37.0 Å². The number of benzene rings is 1. The lowest BCUT2D eigenvalue weighted by atomic mass is 10.0.